The molecule has 0 aliphatic carbocycles. The highest BCUT2D eigenvalue weighted by molar-refractivity contribution is 5.81. The van der Waals surface area contributed by atoms with Gasteiger partial charge in [0.15, 0.2) is 5.75 Å². The van der Waals surface area contributed by atoms with E-state index >= 15 is 0 Å². The average molecular weight is 364 g/mol. The third-order valence-electron chi connectivity index (χ3n) is 3.95. The molecule has 0 saturated heterocycles. The lowest BCUT2D eigenvalue weighted by molar-refractivity contribution is -0.119. The van der Waals surface area contributed by atoms with Gasteiger partial charge in [0, 0.05) is 6.54 Å². The molecule has 0 spiro atoms. The SMILES string of the molecule is O=C(CNc1ccccc1Oc1ccccc1)NCCc1ccc(F)cc1. The predicted molar refractivity (Wildman–Crippen MR) is 105 cm³/mol. The van der Waals surface area contributed by atoms with Crippen molar-refractivity contribution in [2.75, 3.05) is 18.4 Å². The zero-order valence-electron chi connectivity index (χ0n) is 14.8. The van der Waals surface area contributed by atoms with E-state index in [1.807, 2.05) is 54.6 Å². The lowest BCUT2D eigenvalue weighted by atomic mass is 10.1. The van der Waals surface area contributed by atoms with Crippen molar-refractivity contribution in [2.24, 2.45) is 0 Å². The van der Waals surface area contributed by atoms with Gasteiger partial charge < -0.3 is 15.4 Å². The monoisotopic (exact) mass is 364 g/mol. The molecule has 3 rings (SSSR count). The number of para-hydroxylation sites is 3. The molecule has 0 heterocycles. The van der Waals surface area contributed by atoms with E-state index in [0.717, 1.165) is 17.0 Å². The predicted octanol–water partition coefficient (Wildman–Crippen LogP) is 4.39. The Balaban J connectivity index is 1.48. The molecule has 27 heavy (non-hydrogen) atoms. The van der Waals surface area contributed by atoms with Crippen molar-refractivity contribution < 1.29 is 13.9 Å². The van der Waals surface area contributed by atoms with Crippen LogP contribution in [-0.4, -0.2) is 19.0 Å². The topological polar surface area (TPSA) is 50.4 Å². The van der Waals surface area contributed by atoms with Crippen molar-refractivity contribution in [3.63, 3.8) is 0 Å². The summed E-state index contributed by atoms with van der Waals surface area (Å²) in [7, 11) is 0. The summed E-state index contributed by atoms with van der Waals surface area (Å²) < 4.78 is 18.7. The number of halogens is 1. The van der Waals surface area contributed by atoms with E-state index < -0.39 is 0 Å². The Morgan fingerprint density at radius 2 is 1.59 bits per heavy atom. The molecule has 0 aromatic heterocycles. The van der Waals surface area contributed by atoms with Crippen LogP contribution >= 0.6 is 0 Å². The molecule has 3 aromatic rings. The number of nitrogens with one attached hydrogen (secondary N) is 2. The van der Waals surface area contributed by atoms with E-state index in [1.165, 1.54) is 12.1 Å². The molecule has 138 valence electrons. The van der Waals surface area contributed by atoms with Crippen molar-refractivity contribution in [3.05, 3.63) is 90.2 Å². The number of anilines is 1. The summed E-state index contributed by atoms with van der Waals surface area (Å²) in [5.74, 6) is 1.01. The Labute approximate surface area is 158 Å². The first-order valence-electron chi connectivity index (χ1n) is 8.77. The second-order valence-electron chi connectivity index (χ2n) is 5.99. The van der Waals surface area contributed by atoms with Gasteiger partial charge in [-0.3, -0.25) is 4.79 Å². The second-order valence-corrected chi connectivity index (χ2v) is 5.99. The van der Waals surface area contributed by atoms with Crippen molar-refractivity contribution in [1.82, 2.24) is 5.32 Å². The number of hydrogen-bond acceptors (Lipinski definition) is 3. The Bertz CT molecular complexity index is 867. The maximum Gasteiger partial charge on any atom is 0.239 e. The number of amides is 1. The molecule has 0 bridgehead atoms. The molecule has 0 aliphatic heterocycles. The van der Waals surface area contributed by atoms with Crippen LogP contribution in [-0.2, 0) is 11.2 Å². The molecule has 0 radical (unpaired) electrons. The van der Waals surface area contributed by atoms with E-state index in [9.17, 15) is 9.18 Å². The van der Waals surface area contributed by atoms with E-state index in [4.69, 9.17) is 4.74 Å². The van der Waals surface area contributed by atoms with Gasteiger partial charge in [0.2, 0.25) is 5.91 Å². The van der Waals surface area contributed by atoms with Crippen LogP contribution < -0.4 is 15.4 Å². The van der Waals surface area contributed by atoms with Gasteiger partial charge in [-0.05, 0) is 48.4 Å². The molecule has 4 nitrogen and oxygen atoms in total. The Hall–Kier alpha value is -3.34. The molecule has 0 saturated carbocycles. The lowest BCUT2D eigenvalue weighted by Crippen LogP contribution is -2.31. The van der Waals surface area contributed by atoms with Gasteiger partial charge in [0.25, 0.3) is 0 Å². The third kappa shape index (κ3) is 5.85. The second kappa shape index (κ2) is 9.38. The summed E-state index contributed by atoms with van der Waals surface area (Å²) in [6.45, 7) is 0.632. The maximum atomic E-state index is 12.9. The molecular weight excluding hydrogens is 343 g/mol. The lowest BCUT2D eigenvalue weighted by Gasteiger charge is -2.13. The average Bonchev–Trinajstić information content (AvgIpc) is 2.70. The molecule has 0 aliphatic rings. The van der Waals surface area contributed by atoms with Crippen LogP contribution in [0.2, 0.25) is 0 Å². The molecular formula is C22H21FN2O2. The van der Waals surface area contributed by atoms with Gasteiger partial charge in [-0.25, -0.2) is 4.39 Å². The summed E-state index contributed by atoms with van der Waals surface area (Å²) in [6, 6.07) is 23.2. The van der Waals surface area contributed by atoms with Crippen LogP contribution in [0, 0.1) is 5.82 Å². The van der Waals surface area contributed by atoms with E-state index in [2.05, 4.69) is 10.6 Å². The highest BCUT2D eigenvalue weighted by Crippen LogP contribution is 2.28. The van der Waals surface area contributed by atoms with E-state index in [1.54, 1.807) is 12.1 Å². The standard InChI is InChI=1S/C22H21FN2O2/c23-18-12-10-17(11-13-18)14-15-24-22(26)16-25-20-8-4-5-9-21(20)27-19-6-2-1-3-7-19/h1-13,25H,14-16H2,(H,24,26). The number of benzene rings is 3. The van der Waals surface area contributed by atoms with Crippen LogP contribution in [0.5, 0.6) is 11.5 Å². The van der Waals surface area contributed by atoms with Gasteiger partial charge in [-0.2, -0.15) is 0 Å². The minimum atomic E-state index is -0.261. The van der Waals surface area contributed by atoms with Gasteiger partial charge in [0.05, 0.1) is 12.2 Å². The number of carbonyl (C=O) groups excluding carboxylic acids is 1. The fourth-order valence-corrected chi connectivity index (χ4v) is 2.55. The molecule has 5 heteroatoms. The van der Waals surface area contributed by atoms with E-state index in [0.29, 0.717) is 18.7 Å². The molecule has 2 N–H and O–H groups in total. The Morgan fingerprint density at radius 1 is 0.889 bits per heavy atom. The van der Waals surface area contributed by atoms with Gasteiger partial charge >= 0.3 is 0 Å². The van der Waals surface area contributed by atoms with Crippen LogP contribution in [0.1, 0.15) is 5.56 Å². The zero-order valence-corrected chi connectivity index (χ0v) is 14.8. The van der Waals surface area contributed by atoms with Crippen LogP contribution in [0.4, 0.5) is 10.1 Å². The van der Waals surface area contributed by atoms with Gasteiger partial charge in [0.1, 0.15) is 11.6 Å². The minimum absolute atomic E-state index is 0.119. The fourth-order valence-electron chi connectivity index (χ4n) is 2.55. The number of carbonyl (C=O) groups is 1. The van der Waals surface area contributed by atoms with E-state index in [-0.39, 0.29) is 18.3 Å². The molecule has 0 unspecified atom stereocenters. The molecule has 1 amide bonds. The first kappa shape index (κ1) is 18.5. The Kier molecular flexibility index (Phi) is 6.41. The van der Waals surface area contributed by atoms with Crippen molar-refractivity contribution in [1.29, 1.82) is 0 Å². The summed E-state index contributed by atoms with van der Waals surface area (Å²) >= 11 is 0. The summed E-state index contributed by atoms with van der Waals surface area (Å²) in [5.41, 5.74) is 1.72. The molecule has 3 aromatic carbocycles. The first-order valence-corrected chi connectivity index (χ1v) is 8.77. The number of hydrogen-bond donors (Lipinski definition) is 2. The molecule has 0 fully saturated rings. The summed E-state index contributed by atoms with van der Waals surface area (Å²) in [5, 5.41) is 5.95. The normalized spacial score (nSPS) is 10.3. The van der Waals surface area contributed by atoms with Crippen molar-refractivity contribution >= 4 is 11.6 Å². The zero-order chi connectivity index (χ0) is 18.9. The quantitative estimate of drug-likeness (QED) is 0.623. The van der Waals surface area contributed by atoms with Crippen molar-refractivity contribution in [3.8, 4) is 11.5 Å². The van der Waals surface area contributed by atoms with Crippen molar-refractivity contribution in [2.45, 2.75) is 6.42 Å². The largest absolute Gasteiger partial charge is 0.455 e. The Morgan fingerprint density at radius 3 is 2.37 bits per heavy atom. The highest BCUT2D eigenvalue weighted by Gasteiger charge is 2.06. The van der Waals surface area contributed by atoms with Crippen LogP contribution in [0.3, 0.4) is 0 Å². The number of ether oxygens (including phenoxy) is 1. The van der Waals surface area contributed by atoms with Crippen LogP contribution in [0.25, 0.3) is 0 Å². The van der Waals surface area contributed by atoms with Crippen LogP contribution in [0.15, 0.2) is 78.9 Å². The summed E-state index contributed by atoms with van der Waals surface area (Å²) in [6.07, 6.45) is 0.653. The smallest absolute Gasteiger partial charge is 0.239 e. The third-order valence-corrected chi connectivity index (χ3v) is 3.95. The van der Waals surface area contributed by atoms with Gasteiger partial charge in [-0.15, -0.1) is 0 Å². The summed E-state index contributed by atoms with van der Waals surface area (Å²) in [4.78, 5) is 12.1. The van der Waals surface area contributed by atoms with Gasteiger partial charge in [-0.1, -0.05) is 42.5 Å². The minimum Gasteiger partial charge on any atom is -0.455 e. The maximum absolute atomic E-state index is 12.9. The fraction of sp³-hybridized carbons (Fsp3) is 0.136. The number of rotatable bonds is 8. The molecule has 0 atom stereocenters. The highest BCUT2D eigenvalue weighted by atomic mass is 19.1. The first-order chi connectivity index (χ1) is 13.2.